The van der Waals surface area contributed by atoms with Crippen molar-refractivity contribution in [2.75, 3.05) is 13.7 Å². The SMILES string of the molecule is COc1ccc(OC(C)C(=O)N2CCc3ccccc3C2C(=O)O)cc1. The van der Waals surface area contributed by atoms with E-state index in [9.17, 15) is 14.7 Å². The lowest BCUT2D eigenvalue weighted by atomic mass is 9.92. The minimum Gasteiger partial charge on any atom is -0.497 e. The normalized spacial score (nSPS) is 17.2. The number of hydrogen-bond acceptors (Lipinski definition) is 4. The summed E-state index contributed by atoms with van der Waals surface area (Å²) in [6, 6.07) is 13.3. The van der Waals surface area contributed by atoms with Gasteiger partial charge in [0, 0.05) is 6.54 Å². The number of methoxy groups -OCH3 is 1. The number of benzene rings is 2. The number of carboxylic acids is 1. The summed E-state index contributed by atoms with van der Waals surface area (Å²) >= 11 is 0. The van der Waals surface area contributed by atoms with Crippen LogP contribution >= 0.6 is 0 Å². The van der Waals surface area contributed by atoms with Crippen molar-refractivity contribution in [2.45, 2.75) is 25.5 Å². The molecule has 1 N–H and O–H groups in total. The first-order chi connectivity index (χ1) is 12.5. The van der Waals surface area contributed by atoms with Crippen molar-refractivity contribution in [3.05, 3.63) is 59.7 Å². The molecular formula is C20H21NO5. The lowest BCUT2D eigenvalue weighted by Gasteiger charge is -2.36. The van der Waals surface area contributed by atoms with Crippen molar-refractivity contribution in [1.29, 1.82) is 0 Å². The molecule has 2 aromatic carbocycles. The van der Waals surface area contributed by atoms with Crippen LogP contribution in [0.15, 0.2) is 48.5 Å². The van der Waals surface area contributed by atoms with E-state index in [0.717, 1.165) is 5.56 Å². The molecule has 0 spiro atoms. The second kappa shape index (κ2) is 7.47. The second-order valence-electron chi connectivity index (χ2n) is 6.16. The number of carboxylic acid groups (broad SMARTS) is 1. The first kappa shape index (κ1) is 17.8. The highest BCUT2D eigenvalue weighted by molar-refractivity contribution is 5.88. The molecule has 0 saturated heterocycles. The molecule has 1 aliphatic heterocycles. The topological polar surface area (TPSA) is 76.1 Å². The minimum atomic E-state index is -1.04. The summed E-state index contributed by atoms with van der Waals surface area (Å²) in [7, 11) is 1.57. The lowest BCUT2D eigenvalue weighted by molar-refractivity contribution is -0.154. The molecule has 2 atom stereocenters. The number of fused-ring (bicyclic) bond motifs is 1. The summed E-state index contributed by atoms with van der Waals surface area (Å²) < 4.78 is 10.8. The first-order valence-corrected chi connectivity index (χ1v) is 8.43. The summed E-state index contributed by atoms with van der Waals surface area (Å²) in [5.41, 5.74) is 1.63. The molecule has 6 nitrogen and oxygen atoms in total. The van der Waals surface area contributed by atoms with Crippen LogP contribution in [-0.4, -0.2) is 41.6 Å². The standard InChI is InChI=1S/C20H21NO5/c1-13(26-16-9-7-15(25-2)8-10-16)19(22)21-12-11-14-5-3-4-6-17(14)18(21)20(23)24/h3-10,13,18H,11-12H2,1-2H3,(H,23,24). The van der Waals surface area contributed by atoms with E-state index in [1.165, 1.54) is 4.90 Å². The Morgan fingerprint density at radius 2 is 1.77 bits per heavy atom. The Balaban J connectivity index is 1.78. The molecule has 26 heavy (non-hydrogen) atoms. The van der Waals surface area contributed by atoms with Crippen molar-refractivity contribution >= 4 is 11.9 Å². The first-order valence-electron chi connectivity index (χ1n) is 8.43. The van der Waals surface area contributed by atoms with Gasteiger partial charge in [-0.1, -0.05) is 24.3 Å². The molecule has 0 radical (unpaired) electrons. The number of nitrogens with zero attached hydrogens (tertiary/aromatic N) is 1. The number of aliphatic carboxylic acids is 1. The number of hydrogen-bond donors (Lipinski definition) is 1. The maximum Gasteiger partial charge on any atom is 0.331 e. The van der Waals surface area contributed by atoms with E-state index in [4.69, 9.17) is 9.47 Å². The van der Waals surface area contributed by atoms with E-state index >= 15 is 0 Å². The molecule has 6 heteroatoms. The Bertz CT molecular complexity index is 802. The van der Waals surface area contributed by atoms with E-state index in [-0.39, 0.29) is 5.91 Å². The Morgan fingerprint density at radius 3 is 2.42 bits per heavy atom. The van der Waals surface area contributed by atoms with Gasteiger partial charge in [-0.25, -0.2) is 4.79 Å². The molecule has 2 aromatic rings. The smallest absolute Gasteiger partial charge is 0.331 e. The van der Waals surface area contributed by atoms with E-state index in [1.54, 1.807) is 50.4 Å². The van der Waals surface area contributed by atoms with Gasteiger partial charge in [0.15, 0.2) is 12.1 Å². The molecule has 2 unspecified atom stereocenters. The Labute approximate surface area is 152 Å². The lowest BCUT2D eigenvalue weighted by Crippen LogP contribution is -2.48. The fourth-order valence-electron chi connectivity index (χ4n) is 3.21. The summed E-state index contributed by atoms with van der Waals surface area (Å²) in [6.07, 6.45) is -0.170. The third-order valence-electron chi connectivity index (χ3n) is 4.52. The van der Waals surface area contributed by atoms with Gasteiger partial charge < -0.3 is 19.5 Å². The zero-order valence-electron chi connectivity index (χ0n) is 14.7. The summed E-state index contributed by atoms with van der Waals surface area (Å²) in [6.45, 7) is 1.98. The molecule has 1 amide bonds. The largest absolute Gasteiger partial charge is 0.497 e. The number of carbonyl (C=O) groups excluding carboxylic acids is 1. The van der Waals surface area contributed by atoms with Crippen molar-refractivity contribution in [2.24, 2.45) is 0 Å². The van der Waals surface area contributed by atoms with Gasteiger partial charge in [-0.05, 0) is 48.7 Å². The van der Waals surface area contributed by atoms with Crippen molar-refractivity contribution < 1.29 is 24.2 Å². The van der Waals surface area contributed by atoms with Crippen molar-refractivity contribution in [1.82, 2.24) is 4.90 Å². The maximum absolute atomic E-state index is 12.9. The van der Waals surface area contributed by atoms with Gasteiger partial charge >= 0.3 is 5.97 Å². The average Bonchev–Trinajstić information content (AvgIpc) is 2.66. The summed E-state index contributed by atoms with van der Waals surface area (Å²) in [4.78, 5) is 26.1. The zero-order valence-corrected chi connectivity index (χ0v) is 14.7. The molecule has 3 rings (SSSR count). The zero-order chi connectivity index (χ0) is 18.7. The second-order valence-corrected chi connectivity index (χ2v) is 6.16. The molecule has 0 aliphatic carbocycles. The Morgan fingerprint density at radius 1 is 1.12 bits per heavy atom. The van der Waals surface area contributed by atoms with Crippen LogP contribution in [0.4, 0.5) is 0 Å². The van der Waals surface area contributed by atoms with Crippen LogP contribution in [0.1, 0.15) is 24.1 Å². The van der Waals surface area contributed by atoms with Crippen LogP contribution in [-0.2, 0) is 16.0 Å². The van der Waals surface area contributed by atoms with Crippen LogP contribution in [0.25, 0.3) is 0 Å². The molecule has 0 aromatic heterocycles. The van der Waals surface area contributed by atoms with Crippen molar-refractivity contribution in [3.63, 3.8) is 0 Å². The third kappa shape index (κ3) is 3.49. The van der Waals surface area contributed by atoms with E-state index in [1.807, 2.05) is 12.1 Å². The predicted molar refractivity (Wildman–Crippen MR) is 95.3 cm³/mol. The Kier molecular flexibility index (Phi) is 5.11. The molecule has 0 saturated carbocycles. The molecule has 1 heterocycles. The fraction of sp³-hybridized carbons (Fsp3) is 0.300. The summed E-state index contributed by atoms with van der Waals surface area (Å²) in [5, 5.41) is 9.68. The van der Waals surface area contributed by atoms with E-state index < -0.39 is 18.1 Å². The quantitative estimate of drug-likeness (QED) is 0.892. The minimum absolute atomic E-state index is 0.345. The number of carbonyl (C=O) groups is 2. The molecule has 0 fully saturated rings. The number of rotatable bonds is 5. The van der Waals surface area contributed by atoms with Crippen LogP contribution < -0.4 is 9.47 Å². The highest BCUT2D eigenvalue weighted by Crippen LogP contribution is 2.31. The highest BCUT2D eigenvalue weighted by Gasteiger charge is 2.37. The number of ether oxygens (including phenoxy) is 2. The van der Waals surface area contributed by atoms with Crippen LogP contribution in [0.5, 0.6) is 11.5 Å². The third-order valence-corrected chi connectivity index (χ3v) is 4.52. The van der Waals surface area contributed by atoms with Gasteiger partial charge in [0.25, 0.3) is 5.91 Å². The van der Waals surface area contributed by atoms with Crippen molar-refractivity contribution in [3.8, 4) is 11.5 Å². The van der Waals surface area contributed by atoms with Crippen LogP contribution in [0, 0.1) is 0 Å². The van der Waals surface area contributed by atoms with Gasteiger partial charge in [0.2, 0.25) is 0 Å². The maximum atomic E-state index is 12.9. The molecule has 1 aliphatic rings. The predicted octanol–water partition coefficient (Wildman–Crippen LogP) is 2.67. The highest BCUT2D eigenvalue weighted by atomic mass is 16.5. The van der Waals surface area contributed by atoms with E-state index in [0.29, 0.717) is 30.0 Å². The van der Waals surface area contributed by atoms with Gasteiger partial charge in [0.05, 0.1) is 7.11 Å². The van der Waals surface area contributed by atoms with Gasteiger partial charge in [-0.15, -0.1) is 0 Å². The van der Waals surface area contributed by atoms with E-state index in [2.05, 4.69) is 0 Å². The average molecular weight is 355 g/mol. The molecular weight excluding hydrogens is 334 g/mol. The number of amides is 1. The van der Waals surface area contributed by atoms with Gasteiger partial charge in [0.1, 0.15) is 11.5 Å². The fourth-order valence-corrected chi connectivity index (χ4v) is 3.21. The molecule has 0 bridgehead atoms. The summed E-state index contributed by atoms with van der Waals surface area (Å²) in [5.74, 6) is -0.171. The van der Waals surface area contributed by atoms with Crippen LogP contribution in [0.2, 0.25) is 0 Å². The van der Waals surface area contributed by atoms with Gasteiger partial charge in [-0.3, -0.25) is 4.79 Å². The molecule has 136 valence electrons. The Hall–Kier alpha value is -3.02. The van der Waals surface area contributed by atoms with Crippen LogP contribution in [0.3, 0.4) is 0 Å². The van der Waals surface area contributed by atoms with Gasteiger partial charge in [-0.2, -0.15) is 0 Å². The monoisotopic (exact) mass is 355 g/mol.